The number of aliphatic imine (C=N–C) groups is 1. The van der Waals surface area contributed by atoms with Gasteiger partial charge in [-0.05, 0) is 40.4 Å². The van der Waals surface area contributed by atoms with Gasteiger partial charge in [0.2, 0.25) is 0 Å². The van der Waals surface area contributed by atoms with E-state index in [0.29, 0.717) is 12.0 Å². The molecule has 3 nitrogen and oxygen atoms in total. The normalized spacial score (nSPS) is 19.2. The van der Waals surface area contributed by atoms with E-state index in [-0.39, 0.29) is 0 Å². The minimum absolute atomic E-state index is 0.424. The number of nitrogens with one attached hydrogen (secondary N) is 1. The molecule has 0 aromatic heterocycles. The molecule has 0 spiro atoms. The Kier molecular flexibility index (Phi) is 5.16. The van der Waals surface area contributed by atoms with E-state index in [2.05, 4.69) is 35.1 Å². The number of rotatable bonds is 3. The van der Waals surface area contributed by atoms with Gasteiger partial charge in [0.05, 0.1) is 18.8 Å². The van der Waals surface area contributed by atoms with Crippen molar-refractivity contribution in [3.05, 3.63) is 22.7 Å². The third kappa shape index (κ3) is 3.89. The summed E-state index contributed by atoms with van der Waals surface area (Å²) in [5.41, 5.74) is 0.995. The summed E-state index contributed by atoms with van der Waals surface area (Å²) in [6.45, 7) is 4.45. The van der Waals surface area contributed by atoms with E-state index < -0.39 is 0 Å². The number of halogens is 1. The molecule has 1 aliphatic rings. The van der Waals surface area contributed by atoms with Crippen LogP contribution in [0.1, 0.15) is 20.3 Å². The third-order valence-corrected chi connectivity index (χ3v) is 4.73. The number of benzene rings is 1. The molecule has 0 fully saturated rings. The van der Waals surface area contributed by atoms with Crippen molar-refractivity contribution in [1.29, 1.82) is 0 Å². The van der Waals surface area contributed by atoms with Crippen LogP contribution in [0.15, 0.2) is 27.7 Å². The zero-order valence-electron chi connectivity index (χ0n) is 11.4. The van der Waals surface area contributed by atoms with Crippen molar-refractivity contribution in [1.82, 2.24) is 0 Å². The highest BCUT2D eigenvalue weighted by molar-refractivity contribution is 9.10. The summed E-state index contributed by atoms with van der Waals surface area (Å²) in [6.07, 6.45) is 1.16. The van der Waals surface area contributed by atoms with Crippen LogP contribution in [0.2, 0.25) is 0 Å². The standard InChI is InChI=1S/C14H19BrN2OS/c1-9(2)12-6-7-19-14(16-12)17-13-8-10(18-3)4-5-11(13)15/h4-5,8-9,12H,6-7H2,1-3H3,(H,16,17). The first kappa shape index (κ1) is 14.7. The van der Waals surface area contributed by atoms with Gasteiger partial charge >= 0.3 is 0 Å². The number of anilines is 1. The van der Waals surface area contributed by atoms with Gasteiger partial charge in [-0.15, -0.1) is 0 Å². The van der Waals surface area contributed by atoms with Crippen LogP contribution in [0, 0.1) is 5.92 Å². The number of hydrogen-bond acceptors (Lipinski definition) is 4. The second kappa shape index (κ2) is 6.66. The molecule has 0 saturated carbocycles. The molecule has 5 heteroatoms. The molecule has 0 amide bonds. The van der Waals surface area contributed by atoms with Crippen molar-refractivity contribution in [3.63, 3.8) is 0 Å². The first-order valence-electron chi connectivity index (χ1n) is 6.41. The van der Waals surface area contributed by atoms with Crippen LogP contribution in [0.4, 0.5) is 5.69 Å². The number of hydrogen-bond donors (Lipinski definition) is 1. The van der Waals surface area contributed by atoms with Crippen molar-refractivity contribution in [2.45, 2.75) is 26.3 Å². The molecule has 0 bridgehead atoms. The molecule has 1 aromatic rings. The maximum absolute atomic E-state index is 5.25. The van der Waals surface area contributed by atoms with Crippen LogP contribution in [0.5, 0.6) is 5.75 Å². The van der Waals surface area contributed by atoms with Gasteiger partial charge in [-0.1, -0.05) is 25.6 Å². The van der Waals surface area contributed by atoms with Gasteiger partial charge in [-0.3, -0.25) is 4.99 Å². The van der Waals surface area contributed by atoms with E-state index in [1.54, 1.807) is 18.9 Å². The lowest BCUT2D eigenvalue weighted by Gasteiger charge is -2.23. The van der Waals surface area contributed by atoms with E-state index in [0.717, 1.165) is 33.3 Å². The number of ether oxygens (including phenoxy) is 1. The van der Waals surface area contributed by atoms with E-state index in [1.165, 1.54) is 0 Å². The Balaban J connectivity index is 2.16. The van der Waals surface area contributed by atoms with Gasteiger partial charge < -0.3 is 10.1 Å². The Bertz CT molecular complexity index is 477. The highest BCUT2D eigenvalue weighted by atomic mass is 79.9. The van der Waals surface area contributed by atoms with Gasteiger partial charge in [-0.25, -0.2) is 0 Å². The molecular formula is C14H19BrN2OS. The molecule has 104 valence electrons. The molecule has 0 radical (unpaired) electrons. The number of methoxy groups -OCH3 is 1. The van der Waals surface area contributed by atoms with E-state index in [4.69, 9.17) is 9.73 Å². The average Bonchev–Trinajstić information content (AvgIpc) is 2.41. The summed E-state index contributed by atoms with van der Waals surface area (Å²) in [4.78, 5) is 4.78. The topological polar surface area (TPSA) is 33.6 Å². The molecule has 0 saturated heterocycles. The molecule has 0 aliphatic carbocycles. The Morgan fingerprint density at radius 1 is 1.47 bits per heavy atom. The lowest BCUT2D eigenvalue weighted by molar-refractivity contribution is 0.415. The quantitative estimate of drug-likeness (QED) is 0.884. The SMILES string of the molecule is COc1ccc(Br)c(NC2=NC(C(C)C)CCS2)c1. The van der Waals surface area contributed by atoms with Crippen LogP contribution < -0.4 is 10.1 Å². The predicted octanol–water partition coefficient (Wildman–Crippen LogP) is 4.39. The van der Waals surface area contributed by atoms with Gasteiger partial charge in [0.25, 0.3) is 0 Å². The Morgan fingerprint density at radius 2 is 2.26 bits per heavy atom. The maximum Gasteiger partial charge on any atom is 0.161 e. The summed E-state index contributed by atoms with van der Waals surface area (Å²) in [5.74, 6) is 2.55. The summed E-state index contributed by atoms with van der Waals surface area (Å²) < 4.78 is 6.27. The highest BCUT2D eigenvalue weighted by Gasteiger charge is 2.19. The smallest absolute Gasteiger partial charge is 0.161 e. The summed E-state index contributed by atoms with van der Waals surface area (Å²) in [5, 5.41) is 4.39. The fourth-order valence-electron chi connectivity index (χ4n) is 1.92. The summed E-state index contributed by atoms with van der Waals surface area (Å²) in [7, 11) is 1.68. The molecule has 19 heavy (non-hydrogen) atoms. The minimum Gasteiger partial charge on any atom is -0.497 e. The first-order chi connectivity index (χ1) is 9.10. The van der Waals surface area contributed by atoms with Crippen molar-refractivity contribution >= 4 is 38.5 Å². The molecule has 2 rings (SSSR count). The van der Waals surface area contributed by atoms with Crippen molar-refractivity contribution < 1.29 is 4.74 Å². The lowest BCUT2D eigenvalue weighted by Crippen LogP contribution is -2.24. The monoisotopic (exact) mass is 342 g/mol. The number of amidine groups is 1. The zero-order chi connectivity index (χ0) is 13.8. The molecule has 1 N–H and O–H groups in total. The maximum atomic E-state index is 5.25. The van der Waals surface area contributed by atoms with Crippen LogP contribution in [-0.2, 0) is 0 Å². The fourth-order valence-corrected chi connectivity index (χ4v) is 3.21. The minimum atomic E-state index is 0.424. The highest BCUT2D eigenvalue weighted by Crippen LogP contribution is 2.30. The second-order valence-electron chi connectivity index (χ2n) is 4.85. The van der Waals surface area contributed by atoms with Gasteiger partial charge in [0.1, 0.15) is 5.75 Å². The van der Waals surface area contributed by atoms with Gasteiger partial charge in [0.15, 0.2) is 5.17 Å². The lowest BCUT2D eigenvalue weighted by atomic mass is 10.0. The van der Waals surface area contributed by atoms with Crippen molar-refractivity contribution in [2.75, 3.05) is 18.2 Å². The second-order valence-corrected chi connectivity index (χ2v) is 6.79. The average molecular weight is 343 g/mol. The summed E-state index contributed by atoms with van der Waals surface area (Å²) in [6, 6.07) is 6.32. The largest absolute Gasteiger partial charge is 0.497 e. The summed E-state index contributed by atoms with van der Waals surface area (Å²) >= 11 is 5.33. The molecule has 1 aromatic carbocycles. The predicted molar refractivity (Wildman–Crippen MR) is 87.5 cm³/mol. The fraction of sp³-hybridized carbons (Fsp3) is 0.500. The van der Waals surface area contributed by atoms with E-state index in [1.807, 2.05) is 18.2 Å². The molecule has 1 aliphatic heterocycles. The van der Waals surface area contributed by atoms with Crippen molar-refractivity contribution in [3.8, 4) is 5.75 Å². The third-order valence-electron chi connectivity index (χ3n) is 3.12. The molecule has 1 unspecified atom stereocenters. The molecule has 1 atom stereocenters. The Hall–Kier alpha value is -0.680. The van der Waals surface area contributed by atoms with E-state index in [9.17, 15) is 0 Å². The Labute approximate surface area is 127 Å². The van der Waals surface area contributed by atoms with Crippen LogP contribution in [0.25, 0.3) is 0 Å². The van der Waals surface area contributed by atoms with E-state index >= 15 is 0 Å². The first-order valence-corrected chi connectivity index (χ1v) is 8.19. The Morgan fingerprint density at radius 3 is 2.95 bits per heavy atom. The van der Waals surface area contributed by atoms with Crippen LogP contribution in [-0.4, -0.2) is 24.1 Å². The van der Waals surface area contributed by atoms with Crippen LogP contribution >= 0.6 is 27.7 Å². The zero-order valence-corrected chi connectivity index (χ0v) is 13.8. The number of nitrogens with zero attached hydrogens (tertiary/aromatic N) is 1. The van der Waals surface area contributed by atoms with Crippen LogP contribution in [0.3, 0.4) is 0 Å². The van der Waals surface area contributed by atoms with Gasteiger partial charge in [-0.2, -0.15) is 0 Å². The van der Waals surface area contributed by atoms with Crippen molar-refractivity contribution in [2.24, 2.45) is 10.9 Å². The van der Waals surface area contributed by atoms with Gasteiger partial charge in [0, 0.05) is 16.3 Å². The molecule has 1 heterocycles. The number of thioether (sulfide) groups is 1. The molecular weight excluding hydrogens is 324 g/mol.